The van der Waals surface area contributed by atoms with Crippen LogP contribution >= 0.6 is 0 Å². The molecule has 0 saturated heterocycles. The molecule has 1 N–H and O–H groups in total. The van der Waals surface area contributed by atoms with Gasteiger partial charge in [0.25, 0.3) is 0 Å². The van der Waals surface area contributed by atoms with Gasteiger partial charge in [0.15, 0.2) is 0 Å². The Balaban J connectivity index is 2.17. The van der Waals surface area contributed by atoms with E-state index < -0.39 is 10.0 Å². The first-order valence-corrected chi connectivity index (χ1v) is 8.72. The first-order valence-electron chi connectivity index (χ1n) is 7.28. The number of likely N-dealkylation sites (N-methyl/N-ethyl adjacent to an activating group) is 1. The van der Waals surface area contributed by atoms with E-state index in [0.717, 1.165) is 32.2 Å². The number of sulfonamides is 1. The van der Waals surface area contributed by atoms with E-state index in [-0.39, 0.29) is 6.04 Å². The molecule has 0 atom stereocenters. The van der Waals surface area contributed by atoms with Gasteiger partial charge in [-0.15, -0.1) is 0 Å². The SMILES string of the molecule is CCN(C1CCCC1)S(=O)(=O)c1cnn(CCNC)c1. The van der Waals surface area contributed by atoms with Crippen LogP contribution in [0.5, 0.6) is 0 Å². The Morgan fingerprint density at radius 1 is 1.45 bits per heavy atom. The van der Waals surface area contributed by atoms with E-state index in [1.165, 1.54) is 6.20 Å². The van der Waals surface area contributed by atoms with Crippen LogP contribution in [0.3, 0.4) is 0 Å². The number of nitrogens with zero attached hydrogens (tertiary/aromatic N) is 3. The minimum absolute atomic E-state index is 0.158. The Kier molecular flexibility index (Phi) is 5.17. The maximum atomic E-state index is 12.7. The van der Waals surface area contributed by atoms with Gasteiger partial charge in [-0.05, 0) is 19.9 Å². The fourth-order valence-electron chi connectivity index (χ4n) is 2.78. The molecule has 20 heavy (non-hydrogen) atoms. The zero-order valence-electron chi connectivity index (χ0n) is 12.2. The van der Waals surface area contributed by atoms with Gasteiger partial charge in [-0.2, -0.15) is 9.40 Å². The van der Waals surface area contributed by atoms with Crippen molar-refractivity contribution in [3.63, 3.8) is 0 Å². The molecule has 0 aliphatic heterocycles. The van der Waals surface area contributed by atoms with Gasteiger partial charge in [-0.25, -0.2) is 8.42 Å². The first-order chi connectivity index (χ1) is 9.59. The van der Waals surface area contributed by atoms with E-state index >= 15 is 0 Å². The van der Waals surface area contributed by atoms with Crippen molar-refractivity contribution in [3.8, 4) is 0 Å². The predicted octanol–water partition coefficient (Wildman–Crippen LogP) is 1.06. The van der Waals surface area contributed by atoms with Crippen molar-refractivity contribution in [2.75, 3.05) is 20.1 Å². The van der Waals surface area contributed by atoms with Crippen LogP contribution in [0.25, 0.3) is 0 Å². The van der Waals surface area contributed by atoms with Crippen LogP contribution in [0, 0.1) is 0 Å². The highest BCUT2D eigenvalue weighted by molar-refractivity contribution is 7.89. The minimum atomic E-state index is -3.41. The zero-order chi connectivity index (χ0) is 14.6. The second kappa shape index (κ2) is 6.69. The molecule has 0 amide bonds. The molecular formula is C13H24N4O2S. The molecule has 1 heterocycles. The maximum Gasteiger partial charge on any atom is 0.246 e. The maximum absolute atomic E-state index is 12.7. The molecule has 1 aromatic heterocycles. The van der Waals surface area contributed by atoms with Gasteiger partial charge < -0.3 is 5.32 Å². The Labute approximate surface area is 121 Å². The van der Waals surface area contributed by atoms with Crippen LogP contribution in [-0.2, 0) is 16.6 Å². The lowest BCUT2D eigenvalue weighted by Crippen LogP contribution is -2.38. The summed E-state index contributed by atoms with van der Waals surface area (Å²) in [6, 6.07) is 0.158. The number of nitrogens with one attached hydrogen (secondary N) is 1. The summed E-state index contributed by atoms with van der Waals surface area (Å²) < 4.78 is 28.7. The molecule has 0 unspecified atom stereocenters. The van der Waals surface area contributed by atoms with Crippen molar-refractivity contribution in [2.24, 2.45) is 0 Å². The highest BCUT2D eigenvalue weighted by Crippen LogP contribution is 2.28. The molecule has 0 spiro atoms. The average molecular weight is 300 g/mol. The molecule has 6 nitrogen and oxygen atoms in total. The summed E-state index contributed by atoms with van der Waals surface area (Å²) in [5.74, 6) is 0. The van der Waals surface area contributed by atoms with Crippen molar-refractivity contribution in [1.29, 1.82) is 0 Å². The molecule has 1 aliphatic rings. The van der Waals surface area contributed by atoms with Gasteiger partial charge in [0.2, 0.25) is 10.0 Å². The van der Waals surface area contributed by atoms with Gasteiger partial charge >= 0.3 is 0 Å². The Hall–Kier alpha value is -0.920. The Bertz CT molecular complexity index is 520. The molecule has 0 radical (unpaired) electrons. The summed E-state index contributed by atoms with van der Waals surface area (Å²) in [6.45, 7) is 3.86. The van der Waals surface area contributed by atoms with Gasteiger partial charge in [0.05, 0.1) is 12.7 Å². The van der Waals surface area contributed by atoms with Crippen LogP contribution in [0.1, 0.15) is 32.6 Å². The average Bonchev–Trinajstić information content (AvgIpc) is 3.08. The molecule has 7 heteroatoms. The first kappa shape index (κ1) is 15.5. The Morgan fingerprint density at radius 2 is 2.15 bits per heavy atom. The summed E-state index contributed by atoms with van der Waals surface area (Å²) in [5.41, 5.74) is 0. The van der Waals surface area contributed by atoms with Crippen LogP contribution < -0.4 is 5.32 Å². The molecule has 1 aromatic rings. The molecule has 1 aliphatic carbocycles. The fourth-order valence-corrected chi connectivity index (χ4v) is 4.43. The lowest BCUT2D eigenvalue weighted by Gasteiger charge is -2.25. The van der Waals surface area contributed by atoms with Crippen molar-refractivity contribution in [2.45, 2.75) is 50.1 Å². The second-order valence-electron chi connectivity index (χ2n) is 5.19. The highest BCUT2D eigenvalue weighted by Gasteiger charge is 2.32. The smallest absolute Gasteiger partial charge is 0.246 e. The quantitative estimate of drug-likeness (QED) is 0.817. The second-order valence-corrected chi connectivity index (χ2v) is 7.08. The van der Waals surface area contributed by atoms with E-state index in [4.69, 9.17) is 0 Å². The van der Waals surface area contributed by atoms with Crippen molar-refractivity contribution >= 4 is 10.0 Å². The van der Waals surface area contributed by atoms with E-state index in [0.29, 0.717) is 18.0 Å². The van der Waals surface area contributed by atoms with Gasteiger partial charge in [-0.3, -0.25) is 4.68 Å². The fraction of sp³-hybridized carbons (Fsp3) is 0.769. The molecule has 1 fully saturated rings. The van der Waals surface area contributed by atoms with E-state index in [1.807, 2.05) is 14.0 Å². The number of aromatic nitrogens is 2. The number of hydrogen-bond donors (Lipinski definition) is 1. The largest absolute Gasteiger partial charge is 0.318 e. The molecule has 0 aromatic carbocycles. The predicted molar refractivity (Wildman–Crippen MR) is 78.0 cm³/mol. The van der Waals surface area contributed by atoms with Gasteiger partial charge in [0, 0.05) is 25.3 Å². The van der Waals surface area contributed by atoms with E-state index in [1.54, 1.807) is 15.2 Å². The monoisotopic (exact) mass is 300 g/mol. The van der Waals surface area contributed by atoms with Crippen LogP contribution in [-0.4, -0.2) is 48.7 Å². The minimum Gasteiger partial charge on any atom is -0.318 e. The van der Waals surface area contributed by atoms with Crippen molar-refractivity contribution in [3.05, 3.63) is 12.4 Å². The number of rotatable bonds is 7. The molecule has 2 rings (SSSR count). The third-order valence-electron chi connectivity index (χ3n) is 3.85. The summed E-state index contributed by atoms with van der Waals surface area (Å²) in [4.78, 5) is 0.308. The third-order valence-corrected chi connectivity index (χ3v) is 5.83. The summed E-state index contributed by atoms with van der Waals surface area (Å²) >= 11 is 0. The number of hydrogen-bond acceptors (Lipinski definition) is 4. The molecular weight excluding hydrogens is 276 g/mol. The molecule has 0 bridgehead atoms. The van der Waals surface area contributed by atoms with E-state index in [9.17, 15) is 8.42 Å². The lowest BCUT2D eigenvalue weighted by molar-refractivity contribution is 0.335. The standard InChI is InChI=1S/C13H24N4O2S/c1-3-17(12-6-4-5-7-12)20(18,19)13-10-15-16(11-13)9-8-14-2/h10-12,14H,3-9H2,1-2H3. The third kappa shape index (κ3) is 3.21. The van der Waals surface area contributed by atoms with Crippen molar-refractivity contribution < 1.29 is 8.42 Å². The van der Waals surface area contributed by atoms with Gasteiger partial charge in [-0.1, -0.05) is 19.8 Å². The lowest BCUT2D eigenvalue weighted by atomic mass is 10.2. The normalized spacial score (nSPS) is 17.1. The van der Waals surface area contributed by atoms with Crippen LogP contribution in [0.2, 0.25) is 0 Å². The van der Waals surface area contributed by atoms with Crippen molar-refractivity contribution in [1.82, 2.24) is 19.4 Å². The van der Waals surface area contributed by atoms with Gasteiger partial charge in [0.1, 0.15) is 4.90 Å². The molecule has 114 valence electrons. The summed E-state index contributed by atoms with van der Waals surface area (Å²) in [6.07, 6.45) is 7.28. The summed E-state index contributed by atoms with van der Waals surface area (Å²) in [7, 11) is -1.55. The van der Waals surface area contributed by atoms with Crippen LogP contribution in [0.15, 0.2) is 17.3 Å². The highest BCUT2D eigenvalue weighted by atomic mass is 32.2. The zero-order valence-corrected chi connectivity index (χ0v) is 13.1. The molecule has 1 saturated carbocycles. The Morgan fingerprint density at radius 3 is 2.75 bits per heavy atom. The van der Waals surface area contributed by atoms with E-state index in [2.05, 4.69) is 10.4 Å². The topological polar surface area (TPSA) is 67.2 Å². The summed E-state index contributed by atoms with van der Waals surface area (Å²) in [5, 5.41) is 7.16. The van der Waals surface area contributed by atoms with Crippen LogP contribution in [0.4, 0.5) is 0 Å².